The highest BCUT2D eigenvalue weighted by molar-refractivity contribution is 5.91. The van der Waals surface area contributed by atoms with E-state index in [2.05, 4.69) is 26.6 Å². The van der Waals surface area contributed by atoms with E-state index in [0.29, 0.717) is 0 Å². The molecule has 0 radical (unpaired) electrons. The van der Waals surface area contributed by atoms with Crippen LogP contribution in [-0.4, -0.2) is 69.2 Å². The molecule has 0 saturated carbocycles. The van der Waals surface area contributed by atoms with Crippen LogP contribution in [0.2, 0.25) is 0 Å². The van der Waals surface area contributed by atoms with Gasteiger partial charge in [0.15, 0.2) is 0 Å². The molecular weight excluding hydrogens is 294 g/mol. The number of hydrogen-bond donors (Lipinski definition) is 5. The molecule has 0 aromatic rings. The molecule has 0 fully saturated rings. The topological polar surface area (TPSA) is 146 Å². The maximum absolute atomic E-state index is 11.4. The van der Waals surface area contributed by atoms with Gasteiger partial charge >= 0.3 is 0 Å². The van der Waals surface area contributed by atoms with Gasteiger partial charge in [-0.2, -0.15) is 0 Å². The average Bonchev–Trinajstić information content (AvgIpc) is 2.46. The van der Waals surface area contributed by atoms with Crippen molar-refractivity contribution in [2.24, 2.45) is 0 Å². The van der Waals surface area contributed by atoms with Gasteiger partial charge in [0.2, 0.25) is 23.6 Å². The number of amides is 4. The number of carbonyl (C=O) groups is 5. The molecule has 0 aliphatic heterocycles. The van der Waals surface area contributed by atoms with Crippen LogP contribution in [0, 0.1) is 0 Å². The quantitative estimate of drug-likeness (QED) is 0.280. The van der Waals surface area contributed by atoms with Gasteiger partial charge in [-0.05, 0) is 14.0 Å². The van der Waals surface area contributed by atoms with Crippen LogP contribution in [0.4, 0.5) is 0 Å². The van der Waals surface area contributed by atoms with Crippen molar-refractivity contribution in [2.75, 3.05) is 39.8 Å². The van der Waals surface area contributed by atoms with E-state index in [0.717, 1.165) is 0 Å². The molecule has 10 nitrogen and oxygen atoms in total. The van der Waals surface area contributed by atoms with Crippen LogP contribution in [0.3, 0.4) is 0 Å². The van der Waals surface area contributed by atoms with E-state index in [-0.39, 0.29) is 44.4 Å². The Bertz CT molecular complexity index is 438. The standard InChI is InChI=1S/C12H21N5O5/c1-8(18)3-14-10(20)5-16-12(22)7-17-11(21)6-15-9(19)4-13-2/h13H,3-7H2,1-2H3,(H,14,20)(H,15,19)(H,16,22)(H,17,21). The number of likely N-dealkylation sites (N-methyl/N-ethyl adjacent to an activating group) is 1. The van der Waals surface area contributed by atoms with Gasteiger partial charge in [0.05, 0.1) is 32.7 Å². The van der Waals surface area contributed by atoms with Crippen LogP contribution in [0.15, 0.2) is 0 Å². The molecule has 0 unspecified atom stereocenters. The maximum atomic E-state index is 11.4. The smallest absolute Gasteiger partial charge is 0.239 e. The van der Waals surface area contributed by atoms with Crippen LogP contribution in [-0.2, 0) is 24.0 Å². The Labute approximate surface area is 127 Å². The molecule has 0 aliphatic carbocycles. The van der Waals surface area contributed by atoms with E-state index in [1.165, 1.54) is 6.92 Å². The first-order valence-corrected chi connectivity index (χ1v) is 6.56. The lowest BCUT2D eigenvalue weighted by molar-refractivity contribution is -0.128. The van der Waals surface area contributed by atoms with Crippen LogP contribution in [0.5, 0.6) is 0 Å². The second-order valence-electron chi connectivity index (χ2n) is 4.34. The van der Waals surface area contributed by atoms with Gasteiger partial charge < -0.3 is 26.6 Å². The SMILES string of the molecule is CNCC(=O)NCC(=O)NCC(=O)NCC(=O)NCC(C)=O. The summed E-state index contributed by atoms with van der Waals surface area (Å²) in [6, 6.07) is 0. The second kappa shape index (κ2) is 11.2. The predicted molar refractivity (Wildman–Crippen MR) is 76.6 cm³/mol. The van der Waals surface area contributed by atoms with Crippen molar-refractivity contribution in [3.05, 3.63) is 0 Å². The van der Waals surface area contributed by atoms with Crippen LogP contribution in [0.25, 0.3) is 0 Å². The van der Waals surface area contributed by atoms with Crippen molar-refractivity contribution < 1.29 is 24.0 Å². The van der Waals surface area contributed by atoms with Gasteiger partial charge in [-0.15, -0.1) is 0 Å². The number of ketones is 1. The van der Waals surface area contributed by atoms with Gasteiger partial charge in [-0.3, -0.25) is 24.0 Å². The first-order chi connectivity index (χ1) is 10.3. The van der Waals surface area contributed by atoms with Gasteiger partial charge in [-0.25, -0.2) is 0 Å². The number of Topliss-reactive ketones (excluding diaryl/α,β-unsaturated/α-hetero) is 1. The van der Waals surface area contributed by atoms with Crippen LogP contribution in [0.1, 0.15) is 6.92 Å². The van der Waals surface area contributed by atoms with E-state index in [1.54, 1.807) is 7.05 Å². The molecule has 10 heteroatoms. The molecule has 0 aliphatic rings. The Morgan fingerprint density at radius 3 is 1.23 bits per heavy atom. The molecule has 0 atom stereocenters. The Balaban J connectivity index is 3.75. The molecule has 0 rings (SSSR count). The highest BCUT2D eigenvalue weighted by atomic mass is 16.2. The normalized spacial score (nSPS) is 9.55. The summed E-state index contributed by atoms with van der Waals surface area (Å²) >= 11 is 0. The fourth-order valence-corrected chi connectivity index (χ4v) is 1.17. The van der Waals surface area contributed by atoms with Gasteiger partial charge in [0.1, 0.15) is 5.78 Å². The number of hydrogen-bond acceptors (Lipinski definition) is 6. The van der Waals surface area contributed by atoms with E-state index in [9.17, 15) is 24.0 Å². The molecule has 124 valence electrons. The lowest BCUT2D eigenvalue weighted by Crippen LogP contribution is -2.45. The monoisotopic (exact) mass is 315 g/mol. The lowest BCUT2D eigenvalue weighted by Gasteiger charge is -2.08. The van der Waals surface area contributed by atoms with Crippen LogP contribution >= 0.6 is 0 Å². The first-order valence-electron chi connectivity index (χ1n) is 6.56. The molecule has 0 aromatic carbocycles. The highest BCUT2D eigenvalue weighted by Crippen LogP contribution is 1.71. The number of rotatable bonds is 10. The zero-order valence-electron chi connectivity index (χ0n) is 12.6. The van der Waals surface area contributed by atoms with E-state index >= 15 is 0 Å². The molecular formula is C12H21N5O5. The Hall–Kier alpha value is -2.49. The third kappa shape index (κ3) is 11.3. The van der Waals surface area contributed by atoms with E-state index in [1.807, 2.05) is 0 Å². The molecule has 0 aromatic heterocycles. The number of carbonyl (C=O) groups excluding carboxylic acids is 5. The van der Waals surface area contributed by atoms with Crippen LogP contribution < -0.4 is 26.6 Å². The predicted octanol–water partition coefficient (Wildman–Crippen LogP) is -3.74. The minimum Gasteiger partial charge on any atom is -0.348 e. The van der Waals surface area contributed by atoms with E-state index < -0.39 is 17.7 Å². The zero-order valence-corrected chi connectivity index (χ0v) is 12.6. The summed E-state index contributed by atoms with van der Waals surface area (Å²) < 4.78 is 0. The second-order valence-corrected chi connectivity index (χ2v) is 4.34. The fraction of sp³-hybridized carbons (Fsp3) is 0.583. The summed E-state index contributed by atoms with van der Waals surface area (Å²) in [6.45, 7) is 0.457. The molecule has 4 amide bonds. The van der Waals surface area contributed by atoms with Crippen molar-refractivity contribution >= 4 is 29.4 Å². The van der Waals surface area contributed by atoms with Gasteiger partial charge in [0, 0.05) is 0 Å². The van der Waals surface area contributed by atoms with Gasteiger partial charge in [0.25, 0.3) is 0 Å². The third-order valence-electron chi connectivity index (χ3n) is 2.21. The Kier molecular flexibility index (Phi) is 9.93. The Morgan fingerprint density at radius 2 is 0.909 bits per heavy atom. The first kappa shape index (κ1) is 19.5. The van der Waals surface area contributed by atoms with Crippen molar-refractivity contribution in [1.82, 2.24) is 26.6 Å². The van der Waals surface area contributed by atoms with Gasteiger partial charge in [-0.1, -0.05) is 0 Å². The van der Waals surface area contributed by atoms with E-state index in [4.69, 9.17) is 0 Å². The minimum atomic E-state index is -0.562. The highest BCUT2D eigenvalue weighted by Gasteiger charge is 2.08. The third-order valence-corrected chi connectivity index (χ3v) is 2.21. The summed E-state index contributed by atoms with van der Waals surface area (Å²) in [6.07, 6.45) is 0. The molecule has 0 saturated heterocycles. The molecule has 0 bridgehead atoms. The van der Waals surface area contributed by atoms with Crippen molar-refractivity contribution in [3.8, 4) is 0 Å². The number of nitrogens with one attached hydrogen (secondary N) is 5. The lowest BCUT2D eigenvalue weighted by atomic mass is 10.4. The molecule has 0 spiro atoms. The summed E-state index contributed by atoms with van der Waals surface area (Å²) in [7, 11) is 1.59. The summed E-state index contributed by atoms with van der Waals surface area (Å²) in [5.74, 6) is -2.14. The zero-order chi connectivity index (χ0) is 17.0. The summed E-state index contributed by atoms with van der Waals surface area (Å²) in [5.41, 5.74) is 0. The summed E-state index contributed by atoms with van der Waals surface area (Å²) in [4.78, 5) is 55.6. The Morgan fingerprint density at radius 1 is 0.591 bits per heavy atom. The van der Waals surface area contributed by atoms with Crippen molar-refractivity contribution in [3.63, 3.8) is 0 Å². The van der Waals surface area contributed by atoms with Crippen molar-refractivity contribution in [2.45, 2.75) is 6.92 Å². The minimum absolute atomic E-state index is 0.0864. The summed E-state index contributed by atoms with van der Waals surface area (Å²) in [5, 5.41) is 11.8. The molecule has 0 heterocycles. The fourth-order valence-electron chi connectivity index (χ4n) is 1.17. The maximum Gasteiger partial charge on any atom is 0.239 e. The van der Waals surface area contributed by atoms with Crippen molar-refractivity contribution in [1.29, 1.82) is 0 Å². The average molecular weight is 315 g/mol. The molecule has 22 heavy (non-hydrogen) atoms. The molecule has 5 N–H and O–H groups in total. The largest absolute Gasteiger partial charge is 0.348 e.